The van der Waals surface area contributed by atoms with Crippen molar-refractivity contribution in [3.8, 4) is 11.5 Å². The van der Waals surface area contributed by atoms with E-state index in [9.17, 15) is 9.59 Å². The first kappa shape index (κ1) is 27.3. The third-order valence-electron chi connectivity index (χ3n) is 7.25. The summed E-state index contributed by atoms with van der Waals surface area (Å²) in [5.74, 6) is 0.827. The summed E-state index contributed by atoms with van der Waals surface area (Å²) in [7, 11) is 3.14. The van der Waals surface area contributed by atoms with Gasteiger partial charge in [0.05, 0.1) is 29.3 Å². The molecule has 9 heteroatoms. The minimum atomic E-state index is -0.433. The van der Waals surface area contributed by atoms with E-state index in [1.54, 1.807) is 18.0 Å². The van der Waals surface area contributed by atoms with Gasteiger partial charge in [-0.1, -0.05) is 48.3 Å². The van der Waals surface area contributed by atoms with Crippen molar-refractivity contribution in [1.29, 1.82) is 0 Å². The molecule has 0 saturated heterocycles. The van der Waals surface area contributed by atoms with Crippen LogP contribution in [-0.2, 0) is 22.5 Å². The summed E-state index contributed by atoms with van der Waals surface area (Å²) >= 11 is 12.3. The maximum absolute atomic E-state index is 13.3. The number of nitrogens with zero attached hydrogens (tertiary/aromatic N) is 1. The number of halogens is 2. The van der Waals surface area contributed by atoms with Crippen LogP contribution < -0.4 is 14.8 Å². The molecule has 5 rings (SSSR count). The highest BCUT2D eigenvalue weighted by atomic mass is 35.5. The monoisotopic (exact) mass is 568 g/mol. The molecule has 0 aromatic heterocycles. The molecule has 7 nitrogen and oxygen atoms in total. The van der Waals surface area contributed by atoms with Gasteiger partial charge in [0.1, 0.15) is 29.7 Å². The SMILES string of the molecule is CC[C@@H](Oc1ccc([C@H]2CN(C)C(=O)c3cc4c(cc3O2)CN[C@H](C(=O)OC)C4)cc1)c1ccc(Cl)c(Cl)c1. The number of hydrogen-bond acceptors (Lipinski definition) is 6. The Labute approximate surface area is 237 Å². The molecule has 39 heavy (non-hydrogen) atoms. The maximum atomic E-state index is 13.3. The summed E-state index contributed by atoms with van der Waals surface area (Å²) < 4.78 is 17.6. The van der Waals surface area contributed by atoms with E-state index in [0.29, 0.717) is 40.9 Å². The summed E-state index contributed by atoms with van der Waals surface area (Å²) in [4.78, 5) is 27.0. The largest absolute Gasteiger partial charge is 0.486 e. The number of ether oxygens (including phenoxy) is 3. The van der Waals surface area contributed by atoms with Crippen molar-refractivity contribution >= 4 is 35.1 Å². The molecule has 2 aliphatic heterocycles. The van der Waals surface area contributed by atoms with Gasteiger partial charge in [-0.2, -0.15) is 0 Å². The maximum Gasteiger partial charge on any atom is 0.323 e. The zero-order valence-corrected chi connectivity index (χ0v) is 23.5. The molecule has 0 spiro atoms. The zero-order chi connectivity index (χ0) is 27.7. The number of amides is 1. The first-order valence-electron chi connectivity index (χ1n) is 12.9. The highest BCUT2D eigenvalue weighted by Gasteiger charge is 2.32. The second kappa shape index (κ2) is 11.5. The molecular formula is C30H30Cl2N2O5. The Morgan fingerprint density at radius 1 is 1.10 bits per heavy atom. The van der Waals surface area contributed by atoms with Crippen molar-refractivity contribution in [2.45, 2.75) is 44.6 Å². The molecule has 0 fully saturated rings. The van der Waals surface area contributed by atoms with Gasteiger partial charge in [-0.15, -0.1) is 0 Å². The quantitative estimate of drug-likeness (QED) is 0.372. The Morgan fingerprint density at radius 2 is 1.87 bits per heavy atom. The van der Waals surface area contributed by atoms with Gasteiger partial charge < -0.3 is 24.4 Å². The molecule has 0 radical (unpaired) electrons. The first-order valence-corrected chi connectivity index (χ1v) is 13.6. The highest BCUT2D eigenvalue weighted by Crippen LogP contribution is 2.36. The van der Waals surface area contributed by atoms with Crippen LogP contribution in [0.25, 0.3) is 0 Å². The number of hydrogen-bond donors (Lipinski definition) is 1. The van der Waals surface area contributed by atoms with Crippen LogP contribution in [0.4, 0.5) is 0 Å². The van der Waals surface area contributed by atoms with Gasteiger partial charge in [0.15, 0.2) is 0 Å². The van der Waals surface area contributed by atoms with E-state index in [-0.39, 0.29) is 24.1 Å². The van der Waals surface area contributed by atoms with E-state index in [4.69, 9.17) is 37.4 Å². The third-order valence-corrected chi connectivity index (χ3v) is 7.99. The molecule has 2 heterocycles. The van der Waals surface area contributed by atoms with E-state index < -0.39 is 6.04 Å². The van der Waals surface area contributed by atoms with Crippen LogP contribution in [-0.4, -0.2) is 43.5 Å². The number of likely N-dealkylation sites (N-methyl/N-ethyl adjacent to an activating group) is 1. The topological polar surface area (TPSA) is 77.1 Å². The van der Waals surface area contributed by atoms with Crippen LogP contribution in [0.15, 0.2) is 54.6 Å². The summed E-state index contributed by atoms with van der Waals surface area (Å²) in [5, 5.41) is 4.21. The lowest BCUT2D eigenvalue weighted by Gasteiger charge is -2.26. The first-order chi connectivity index (χ1) is 18.8. The molecule has 204 valence electrons. The molecule has 0 unspecified atom stereocenters. The average molecular weight is 569 g/mol. The van der Waals surface area contributed by atoms with Gasteiger partial charge in [0.25, 0.3) is 5.91 Å². The molecule has 1 amide bonds. The van der Waals surface area contributed by atoms with Crippen LogP contribution in [0.1, 0.15) is 58.2 Å². The third kappa shape index (κ3) is 5.71. The number of carbonyl (C=O) groups is 2. The van der Waals surface area contributed by atoms with Crippen molar-refractivity contribution in [2.75, 3.05) is 20.7 Å². The summed E-state index contributed by atoms with van der Waals surface area (Å²) in [6.07, 6.45) is 0.685. The molecule has 2 aliphatic rings. The smallest absolute Gasteiger partial charge is 0.323 e. The number of carbonyl (C=O) groups excluding carboxylic acids is 2. The van der Waals surface area contributed by atoms with Crippen LogP contribution in [0.5, 0.6) is 11.5 Å². The number of esters is 1. The summed E-state index contributed by atoms with van der Waals surface area (Å²) in [5.41, 5.74) is 4.33. The number of rotatable bonds is 6. The Morgan fingerprint density at radius 3 is 2.56 bits per heavy atom. The van der Waals surface area contributed by atoms with Gasteiger partial charge in [-0.3, -0.25) is 9.59 Å². The van der Waals surface area contributed by atoms with Crippen LogP contribution in [0.2, 0.25) is 10.0 Å². The van der Waals surface area contributed by atoms with Crippen molar-refractivity contribution < 1.29 is 23.8 Å². The Bertz CT molecular complexity index is 1390. The fourth-order valence-electron chi connectivity index (χ4n) is 5.05. The van der Waals surface area contributed by atoms with Crippen molar-refractivity contribution in [1.82, 2.24) is 10.2 Å². The van der Waals surface area contributed by atoms with Gasteiger partial charge in [-0.25, -0.2) is 0 Å². The van der Waals surface area contributed by atoms with Gasteiger partial charge in [-0.05, 0) is 71.5 Å². The van der Waals surface area contributed by atoms with Crippen LogP contribution in [0.3, 0.4) is 0 Å². The number of fused-ring (bicyclic) bond motifs is 2. The van der Waals surface area contributed by atoms with E-state index >= 15 is 0 Å². The average Bonchev–Trinajstić information content (AvgIpc) is 3.07. The van der Waals surface area contributed by atoms with Gasteiger partial charge in [0.2, 0.25) is 0 Å². The molecule has 0 aliphatic carbocycles. The lowest BCUT2D eigenvalue weighted by molar-refractivity contribution is -0.143. The molecule has 0 bridgehead atoms. The lowest BCUT2D eigenvalue weighted by Crippen LogP contribution is -2.42. The Balaban J connectivity index is 1.35. The minimum Gasteiger partial charge on any atom is -0.486 e. The molecular weight excluding hydrogens is 539 g/mol. The molecule has 3 aromatic carbocycles. The fraction of sp³-hybridized carbons (Fsp3) is 0.333. The highest BCUT2D eigenvalue weighted by molar-refractivity contribution is 6.42. The minimum absolute atomic E-state index is 0.115. The Hall–Kier alpha value is -3.26. The van der Waals surface area contributed by atoms with Crippen LogP contribution in [0, 0.1) is 0 Å². The van der Waals surface area contributed by atoms with Gasteiger partial charge >= 0.3 is 5.97 Å². The predicted molar refractivity (Wildman–Crippen MR) is 150 cm³/mol. The fourth-order valence-corrected chi connectivity index (χ4v) is 5.35. The second-order valence-corrected chi connectivity index (χ2v) is 10.6. The standard InChI is InChI=1S/C30H30Cl2N2O5/c1-4-26(18-7-10-23(31)24(32)12-18)38-21-8-5-17(6-9-21)28-16-34(2)29(35)22-11-19-13-25(30(36)37-3)33-15-20(19)14-27(22)39-28/h5-12,14,25-26,28,33H,4,13,15-16H2,1-3H3/t25-,26+,28+/m0/s1. The molecule has 0 saturated carbocycles. The number of methoxy groups -OCH3 is 1. The molecule has 3 atom stereocenters. The molecule has 3 aromatic rings. The van der Waals surface area contributed by atoms with Gasteiger partial charge in [0, 0.05) is 13.6 Å². The van der Waals surface area contributed by atoms with Crippen molar-refractivity contribution in [2.24, 2.45) is 0 Å². The van der Waals surface area contributed by atoms with Crippen LogP contribution >= 0.6 is 23.2 Å². The predicted octanol–water partition coefficient (Wildman–Crippen LogP) is 5.92. The lowest BCUT2D eigenvalue weighted by atomic mass is 9.93. The van der Waals surface area contributed by atoms with E-state index in [0.717, 1.165) is 34.4 Å². The summed E-state index contributed by atoms with van der Waals surface area (Å²) in [6.45, 7) is 2.93. The van der Waals surface area contributed by atoms with Crippen molar-refractivity contribution in [3.63, 3.8) is 0 Å². The van der Waals surface area contributed by atoms with E-state index in [1.807, 2.05) is 48.5 Å². The number of benzene rings is 3. The van der Waals surface area contributed by atoms with Crippen molar-refractivity contribution in [3.05, 3.63) is 92.5 Å². The molecule has 1 N–H and O–H groups in total. The Kier molecular flexibility index (Phi) is 8.03. The second-order valence-electron chi connectivity index (χ2n) is 9.83. The summed E-state index contributed by atoms with van der Waals surface area (Å²) in [6, 6.07) is 16.6. The van der Waals surface area contributed by atoms with E-state index in [2.05, 4.69) is 12.2 Å². The zero-order valence-electron chi connectivity index (χ0n) is 22.0. The number of nitrogens with one attached hydrogen (secondary N) is 1. The van der Waals surface area contributed by atoms with E-state index in [1.165, 1.54) is 7.11 Å². The normalized spacial score (nSPS) is 19.3.